The molecule has 2 unspecified atom stereocenters. The number of methoxy groups -OCH3 is 1. The Balaban J connectivity index is 1.88. The smallest absolute Gasteiger partial charge is 0.263 e. The summed E-state index contributed by atoms with van der Waals surface area (Å²) in [7, 11) is 1.65. The zero-order chi connectivity index (χ0) is 15.0. The van der Waals surface area contributed by atoms with Crippen molar-refractivity contribution >= 4 is 33.0 Å². The first-order valence-corrected chi connectivity index (χ1v) is 7.73. The van der Waals surface area contributed by atoms with Gasteiger partial charge in [-0.3, -0.25) is 4.79 Å². The first kappa shape index (κ1) is 14.3. The molecule has 1 fully saturated rings. The van der Waals surface area contributed by atoms with E-state index in [1.807, 2.05) is 0 Å². The van der Waals surface area contributed by atoms with Gasteiger partial charge in [0.1, 0.15) is 10.7 Å². The Morgan fingerprint density at radius 3 is 3.00 bits per heavy atom. The normalized spacial score (nSPS) is 21.8. The number of fused-ring (bicyclic) bond motifs is 1. The van der Waals surface area contributed by atoms with Gasteiger partial charge in [0.05, 0.1) is 23.2 Å². The molecule has 2 atom stereocenters. The lowest BCUT2D eigenvalue weighted by atomic mass is 10.2. The number of rotatable bonds is 3. The van der Waals surface area contributed by atoms with Crippen LogP contribution in [0.5, 0.6) is 0 Å². The zero-order valence-electron chi connectivity index (χ0n) is 11.7. The molecule has 1 saturated carbocycles. The summed E-state index contributed by atoms with van der Waals surface area (Å²) >= 11 is 1.22. The summed E-state index contributed by atoms with van der Waals surface area (Å²) in [5, 5.41) is 3.30. The number of hydrogen-bond acceptors (Lipinski definition) is 4. The molecule has 0 bridgehead atoms. The van der Waals surface area contributed by atoms with Crippen LogP contribution in [-0.2, 0) is 4.74 Å². The first-order valence-electron chi connectivity index (χ1n) is 6.92. The Morgan fingerprint density at radius 1 is 1.48 bits per heavy atom. The van der Waals surface area contributed by atoms with Crippen LogP contribution >= 0.6 is 11.3 Å². The van der Waals surface area contributed by atoms with E-state index in [9.17, 15) is 9.18 Å². The summed E-state index contributed by atoms with van der Waals surface area (Å²) in [5.74, 6) is -0.641. The number of nitrogens with two attached hydrogens (primary N) is 1. The number of anilines is 1. The molecule has 0 radical (unpaired) electrons. The number of thiophene rings is 1. The van der Waals surface area contributed by atoms with Crippen molar-refractivity contribution < 1.29 is 13.9 Å². The van der Waals surface area contributed by atoms with Crippen LogP contribution in [0.3, 0.4) is 0 Å². The summed E-state index contributed by atoms with van der Waals surface area (Å²) in [6.07, 6.45) is 2.91. The number of amides is 1. The lowest BCUT2D eigenvalue weighted by Gasteiger charge is -2.19. The Bertz CT molecular complexity index is 686. The maximum Gasteiger partial charge on any atom is 0.263 e. The molecule has 1 heterocycles. The minimum absolute atomic E-state index is 0.00282. The average Bonchev–Trinajstić information content (AvgIpc) is 3.04. The molecule has 2 aromatic rings. The molecule has 1 amide bonds. The van der Waals surface area contributed by atoms with Crippen LogP contribution in [-0.4, -0.2) is 25.2 Å². The second-order valence-electron chi connectivity index (χ2n) is 5.24. The molecule has 0 saturated heterocycles. The van der Waals surface area contributed by atoms with Gasteiger partial charge in [-0.2, -0.15) is 0 Å². The van der Waals surface area contributed by atoms with Gasteiger partial charge in [0, 0.05) is 11.8 Å². The van der Waals surface area contributed by atoms with E-state index in [2.05, 4.69) is 5.32 Å². The summed E-state index contributed by atoms with van der Waals surface area (Å²) in [4.78, 5) is 12.8. The standard InChI is InChI=1S/C15H17FN2O2S/c1-20-10-6-3-5-9(10)18-15(19)14-13(17)12-8(16)4-2-7-11(12)21-14/h2,4,7,9-10H,3,5-6,17H2,1H3,(H,18,19). The Labute approximate surface area is 126 Å². The van der Waals surface area contributed by atoms with E-state index in [-0.39, 0.29) is 23.7 Å². The molecule has 6 heteroatoms. The fourth-order valence-corrected chi connectivity index (χ4v) is 3.94. The van der Waals surface area contributed by atoms with Gasteiger partial charge in [0.15, 0.2) is 0 Å². The lowest BCUT2D eigenvalue weighted by molar-refractivity contribution is 0.0725. The van der Waals surface area contributed by atoms with Crippen LogP contribution in [0.25, 0.3) is 10.1 Å². The van der Waals surface area contributed by atoms with Crippen LogP contribution in [0.15, 0.2) is 18.2 Å². The largest absolute Gasteiger partial charge is 0.397 e. The Hall–Kier alpha value is -1.66. The highest BCUT2D eigenvalue weighted by molar-refractivity contribution is 7.21. The second-order valence-corrected chi connectivity index (χ2v) is 6.30. The number of benzene rings is 1. The third-order valence-corrected chi connectivity index (χ3v) is 5.15. The van der Waals surface area contributed by atoms with Gasteiger partial charge in [-0.1, -0.05) is 6.07 Å². The number of carbonyl (C=O) groups excluding carboxylic acids is 1. The molecule has 0 spiro atoms. The maximum atomic E-state index is 13.8. The molecule has 0 aliphatic heterocycles. The Kier molecular flexibility index (Phi) is 3.82. The van der Waals surface area contributed by atoms with Crippen molar-refractivity contribution in [3.8, 4) is 0 Å². The van der Waals surface area contributed by atoms with E-state index >= 15 is 0 Å². The minimum Gasteiger partial charge on any atom is -0.397 e. The van der Waals surface area contributed by atoms with E-state index in [1.165, 1.54) is 17.4 Å². The second kappa shape index (κ2) is 5.61. The number of nitrogen functional groups attached to an aromatic ring is 1. The van der Waals surface area contributed by atoms with Crippen molar-refractivity contribution in [2.75, 3.05) is 12.8 Å². The highest BCUT2D eigenvalue weighted by Crippen LogP contribution is 2.35. The molecule has 112 valence electrons. The predicted octanol–water partition coefficient (Wildman–Crippen LogP) is 2.92. The number of hydrogen-bond donors (Lipinski definition) is 2. The van der Waals surface area contributed by atoms with Crippen molar-refractivity contribution in [2.45, 2.75) is 31.4 Å². The van der Waals surface area contributed by atoms with Gasteiger partial charge in [-0.05, 0) is 31.4 Å². The maximum absolute atomic E-state index is 13.8. The van der Waals surface area contributed by atoms with E-state index < -0.39 is 5.82 Å². The molecule has 21 heavy (non-hydrogen) atoms. The summed E-state index contributed by atoms with van der Waals surface area (Å²) in [6, 6.07) is 4.74. The number of nitrogens with one attached hydrogen (secondary N) is 1. The van der Waals surface area contributed by atoms with E-state index in [0.29, 0.717) is 15.0 Å². The van der Waals surface area contributed by atoms with Crippen molar-refractivity contribution in [3.05, 3.63) is 28.9 Å². The van der Waals surface area contributed by atoms with Crippen molar-refractivity contribution in [3.63, 3.8) is 0 Å². The third-order valence-electron chi connectivity index (χ3n) is 3.98. The zero-order valence-corrected chi connectivity index (χ0v) is 12.5. The highest BCUT2D eigenvalue weighted by Gasteiger charge is 2.30. The first-order chi connectivity index (χ1) is 10.1. The van der Waals surface area contributed by atoms with Gasteiger partial charge in [-0.25, -0.2) is 4.39 Å². The third kappa shape index (κ3) is 2.49. The van der Waals surface area contributed by atoms with Crippen LogP contribution in [0.4, 0.5) is 10.1 Å². The van der Waals surface area contributed by atoms with Gasteiger partial charge >= 0.3 is 0 Å². The number of ether oxygens (including phenoxy) is 1. The minimum atomic E-state index is -0.393. The topological polar surface area (TPSA) is 64.3 Å². The van der Waals surface area contributed by atoms with Crippen molar-refractivity contribution in [1.82, 2.24) is 5.32 Å². The van der Waals surface area contributed by atoms with Crippen molar-refractivity contribution in [1.29, 1.82) is 0 Å². The number of carbonyl (C=O) groups is 1. The molecular weight excluding hydrogens is 291 g/mol. The molecule has 4 nitrogen and oxygen atoms in total. The summed E-state index contributed by atoms with van der Waals surface area (Å²) in [6.45, 7) is 0. The van der Waals surface area contributed by atoms with E-state index in [0.717, 1.165) is 19.3 Å². The molecule has 3 rings (SSSR count). The van der Waals surface area contributed by atoms with Crippen LogP contribution in [0.2, 0.25) is 0 Å². The monoisotopic (exact) mass is 308 g/mol. The van der Waals surface area contributed by atoms with Gasteiger partial charge in [0.25, 0.3) is 5.91 Å². The lowest BCUT2D eigenvalue weighted by Crippen LogP contribution is -2.40. The average molecular weight is 308 g/mol. The molecular formula is C15H17FN2O2S. The quantitative estimate of drug-likeness (QED) is 0.916. The molecule has 1 aliphatic carbocycles. The van der Waals surface area contributed by atoms with E-state index in [4.69, 9.17) is 10.5 Å². The van der Waals surface area contributed by atoms with E-state index in [1.54, 1.807) is 19.2 Å². The summed E-state index contributed by atoms with van der Waals surface area (Å²) < 4.78 is 19.9. The SMILES string of the molecule is COC1CCCC1NC(=O)c1sc2cccc(F)c2c1N. The molecule has 1 aromatic heterocycles. The van der Waals surface area contributed by atoms with Crippen LogP contribution in [0.1, 0.15) is 28.9 Å². The van der Waals surface area contributed by atoms with Crippen molar-refractivity contribution in [2.24, 2.45) is 0 Å². The predicted molar refractivity (Wildman–Crippen MR) is 82.1 cm³/mol. The summed E-state index contributed by atoms with van der Waals surface area (Å²) in [5.41, 5.74) is 6.18. The van der Waals surface area contributed by atoms with Gasteiger partial charge in [-0.15, -0.1) is 11.3 Å². The number of halogens is 1. The van der Waals surface area contributed by atoms with Gasteiger partial charge in [0.2, 0.25) is 0 Å². The van der Waals surface area contributed by atoms with Gasteiger partial charge < -0.3 is 15.8 Å². The molecule has 1 aromatic carbocycles. The highest BCUT2D eigenvalue weighted by atomic mass is 32.1. The van der Waals surface area contributed by atoms with Crippen LogP contribution in [0, 0.1) is 5.82 Å². The molecule has 1 aliphatic rings. The van der Waals surface area contributed by atoms with Crippen LogP contribution < -0.4 is 11.1 Å². The fraction of sp³-hybridized carbons (Fsp3) is 0.400. The Morgan fingerprint density at radius 2 is 2.29 bits per heavy atom. The molecule has 3 N–H and O–H groups in total. The fourth-order valence-electron chi connectivity index (χ4n) is 2.91.